The van der Waals surface area contributed by atoms with Crippen molar-refractivity contribution in [1.82, 2.24) is 20.5 Å². The van der Waals surface area contributed by atoms with Crippen LogP contribution in [0.15, 0.2) is 24.5 Å². The Kier molecular flexibility index (Phi) is 4.92. The lowest BCUT2D eigenvalue weighted by Gasteiger charge is -2.13. The average Bonchev–Trinajstić information content (AvgIpc) is 2.98. The Morgan fingerprint density at radius 2 is 2.24 bits per heavy atom. The fourth-order valence-corrected chi connectivity index (χ4v) is 2.00. The molecule has 0 radical (unpaired) electrons. The van der Waals surface area contributed by atoms with Gasteiger partial charge in [0, 0.05) is 29.6 Å². The highest BCUT2D eigenvalue weighted by Crippen LogP contribution is 2.14. The van der Waals surface area contributed by atoms with Crippen molar-refractivity contribution in [3.05, 3.63) is 41.3 Å². The average molecular weight is 287 g/mol. The molecule has 2 heterocycles. The van der Waals surface area contributed by atoms with Gasteiger partial charge in [-0.1, -0.05) is 6.92 Å². The number of anilines is 1. The van der Waals surface area contributed by atoms with Crippen molar-refractivity contribution >= 4 is 11.7 Å². The number of pyridine rings is 1. The van der Waals surface area contributed by atoms with Crippen LogP contribution < -0.4 is 10.6 Å². The van der Waals surface area contributed by atoms with Gasteiger partial charge >= 0.3 is 0 Å². The summed E-state index contributed by atoms with van der Waals surface area (Å²) in [6.07, 6.45) is 4.49. The summed E-state index contributed by atoms with van der Waals surface area (Å²) >= 11 is 0. The summed E-state index contributed by atoms with van der Waals surface area (Å²) in [6.45, 7) is 6.73. The quantitative estimate of drug-likeness (QED) is 0.762. The molecule has 0 spiro atoms. The number of hydrogen-bond acceptors (Lipinski definition) is 4. The molecule has 1 amide bonds. The van der Waals surface area contributed by atoms with Crippen molar-refractivity contribution in [3.8, 4) is 0 Å². The van der Waals surface area contributed by atoms with Gasteiger partial charge in [-0.05, 0) is 32.4 Å². The second-order valence-electron chi connectivity index (χ2n) is 5.04. The van der Waals surface area contributed by atoms with Crippen molar-refractivity contribution in [2.24, 2.45) is 0 Å². The third kappa shape index (κ3) is 4.05. The van der Waals surface area contributed by atoms with E-state index in [-0.39, 0.29) is 11.9 Å². The van der Waals surface area contributed by atoms with E-state index in [2.05, 4.69) is 32.7 Å². The topological polar surface area (TPSA) is 82.7 Å². The van der Waals surface area contributed by atoms with Crippen LogP contribution in [-0.4, -0.2) is 27.6 Å². The summed E-state index contributed by atoms with van der Waals surface area (Å²) in [5.41, 5.74) is 2.37. The standard InChI is InChI=1S/C15H21N5O/c1-4-5-16-14-7-12(6-10(2)19-14)15(21)20-11(3)13-8-17-18-9-13/h6-9,11H,4-5H2,1-3H3,(H,16,19)(H,17,18)(H,20,21). The van der Waals surface area contributed by atoms with Crippen molar-refractivity contribution in [2.75, 3.05) is 11.9 Å². The van der Waals surface area contributed by atoms with Gasteiger partial charge in [-0.25, -0.2) is 4.98 Å². The molecule has 0 aliphatic heterocycles. The third-order valence-electron chi connectivity index (χ3n) is 3.14. The number of carbonyl (C=O) groups excluding carboxylic acids is 1. The maximum absolute atomic E-state index is 12.3. The van der Waals surface area contributed by atoms with Crippen molar-refractivity contribution in [1.29, 1.82) is 0 Å². The highest BCUT2D eigenvalue weighted by molar-refractivity contribution is 5.95. The molecule has 2 aromatic heterocycles. The van der Waals surface area contributed by atoms with Crippen molar-refractivity contribution in [3.63, 3.8) is 0 Å². The van der Waals surface area contributed by atoms with E-state index in [1.165, 1.54) is 0 Å². The highest BCUT2D eigenvalue weighted by atomic mass is 16.1. The minimum Gasteiger partial charge on any atom is -0.370 e. The number of hydrogen-bond donors (Lipinski definition) is 3. The van der Waals surface area contributed by atoms with E-state index in [0.717, 1.165) is 30.0 Å². The molecule has 3 N–H and O–H groups in total. The molecule has 21 heavy (non-hydrogen) atoms. The summed E-state index contributed by atoms with van der Waals surface area (Å²) in [5, 5.41) is 12.8. The molecule has 1 unspecified atom stereocenters. The normalized spacial score (nSPS) is 12.0. The summed E-state index contributed by atoms with van der Waals surface area (Å²) in [6, 6.07) is 3.46. The first-order chi connectivity index (χ1) is 10.1. The Morgan fingerprint density at radius 1 is 1.43 bits per heavy atom. The fourth-order valence-electron chi connectivity index (χ4n) is 2.00. The minimum atomic E-state index is -0.117. The van der Waals surface area contributed by atoms with Crippen LogP contribution in [0.3, 0.4) is 0 Å². The number of carbonyl (C=O) groups is 1. The number of nitrogens with zero attached hydrogens (tertiary/aromatic N) is 2. The van der Waals surface area contributed by atoms with E-state index in [9.17, 15) is 4.79 Å². The zero-order valence-electron chi connectivity index (χ0n) is 12.6. The van der Waals surface area contributed by atoms with Gasteiger partial charge in [-0.15, -0.1) is 0 Å². The lowest BCUT2D eigenvalue weighted by molar-refractivity contribution is 0.0939. The summed E-state index contributed by atoms with van der Waals surface area (Å²) < 4.78 is 0. The number of rotatable bonds is 6. The maximum Gasteiger partial charge on any atom is 0.251 e. The molecule has 6 nitrogen and oxygen atoms in total. The van der Waals surface area contributed by atoms with Gasteiger partial charge in [0.2, 0.25) is 0 Å². The van der Waals surface area contributed by atoms with E-state index < -0.39 is 0 Å². The number of aryl methyl sites for hydroxylation is 1. The van der Waals surface area contributed by atoms with Crippen LogP contribution in [0.5, 0.6) is 0 Å². The van der Waals surface area contributed by atoms with E-state index in [4.69, 9.17) is 0 Å². The minimum absolute atomic E-state index is 0.100. The van der Waals surface area contributed by atoms with Gasteiger partial charge in [0.15, 0.2) is 0 Å². The van der Waals surface area contributed by atoms with E-state index in [1.54, 1.807) is 24.5 Å². The maximum atomic E-state index is 12.3. The Labute approximate surface area is 124 Å². The SMILES string of the molecule is CCCNc1cc(C(=O)NC(C)c2cn[nH]c2)cc(C)n1. The number of aromatic amines is 1. The molecule has 0 saturated carbocycles. The van der Waals surface area contributed by atoms with Crippen LogP contribution in [0.2, 0.25) is 0 Å². The molecule has 0 aromatic carbocycles. The number of amides is 1. The van der Waals surface area contributed by atoms with Gasteiger partial charge in [-0.3, -0.25) is 9.89 Å². The highest BCUT2D eigenvalue weighted by Gasteiger charge is 2.13. The van der Waals surface area contributed by atoms with Crippen LogP contribution in [0, 0.1) is 6.92 Å². The van der Waals surface area contributed by atoms with Crippen molar-refractivity contribution < 1.29 is 4.79 Å². The third-order valence-corrected chi connectivity index (χ3v) is 3.14. The Morgan fingerprint density at radius 3 is 2.90 bits per heavy atom. The first kappa shape index (κ1) is 15.0. The first-order valence-electron chi connectivity index (χ1n) is 7.12. The molecule has 0 aliphatic rings. The molecule has 2 rings (SSSR count). The van der Waals surface area contributed by atoms with Gasteiger partial charge in [-0.2, -0.15) is 5.10 Å². The van der Waals surface area contributed by atoms with Gasteiger partial charge < -0.3 is 10.6 Å². The van der Waals surface area contributed by atoms with E-state index in [0.29, 0.717) is 5.56 Å². The zero-order valence-corrected chi connectivity index (χ0v) is 12.6. The largest absolute Gasteiger partial charge is 0.370 e. The van der Waals surface area contributed by atoms with Crippen molar-refractivity contribution in [2.45, 2.75) is 33.2 Å². The van der Waals surface area contributed by atoms with Crippen LogP contribution >= 0.6 is 0 Å². The molecule has 1 atom stereocenters. The lowest BCUT2D eigenvalue weighted by atomic mass is 10.1. The Hall–Kier alpha value is -2.37. The summed E-state index contributed by atoms with van der Waals surface area (Å²) in [7, 11) is 0. The number of nitrogens with one attached hydrogen (secondary N) is 3. The molecule has 0 aliphatic carbocycles. The van der Waals surface area contributed by atoms with Gasteiger partial charge in [0.25, 0.3) is 5.91 Å². The van der Waals surface area contributed by atoms with Crippen LogP contribution in [0.4, 0.5) is 5.82 Å². The second kappa shape index (κ2) is 6.88. The van der Waals surface area contributed by atoms with Crippen LogP contribution in [0.1, 0.15) is 47.9 Å². The zero-order chi connectivity index (χ0) is 15.2. The molecular weight excluding hydrogens is 266 g/mol. The molecule has 0 saturated heterocycles. The molecule has 2 aromatic rings. The number of H-pyrrole nitrogens is 1. The van der Waals surface area contributed by atoms with Crippen LogP contribution in [-0.2, 0) is 0 Å². The second-order valence-corrected chi connectivity index (χ2v) is 5.04. The first-order valence-corrected chi connectivity index (χ1v) is 7.12. The lowest BCUT2D eigenvalue weighted by Crippen LogP contribution is -2.26. The monoisotopic (exact) mass is 287 g/mol. The van der Waals surface area contributed by atoms with Crippen LogP contribution in [0.25, 0.3) is 0 Å². The Bertz CT molecular complexity index is 594. The molecular formula is C15H21N5O. The summed E-state index contributed by atoms with van der Waals surface area (Å²) in [5.74, 6) is 0.617. The van der Waals surface area contributed by atoms with E-state index >= 15 is 0 Å². The molecule has 112 valence electrons. The van der Waals surface area contributed by atoms with E-state index in [1.807, 2.05) is 13.8 Å². The molecule has 6 heteroatoms. The molecule has 0 bridgehead atoms. The molecule has 0 fully saturated rings. The van der Waals surface area contributed by atoms with Gasteiger partial charge in [0.05, 0.1) is 12.2 Å². The smallest absolute Gasteiger partial charge is 0.251 e. The predicted octanol–water partition coefficient (Wildman–Crippen LogP) is 2.43. The Balaban J connectivity index is 2.09. The predicted molar refractivity (Wildman–Crippen MR) is 82.2 cm³/mol. The fraction of sp³-hybridized carbons (Fsp3) is 0.400. The van der Waals surface area contributed by atoms with Gasteiger partial charge in [0.1, 0.15) is 5.82 Å². The number of aromatic nitrogens is 3. The summed E-state index contributed by atoms with van der Waals surface area (Å²) in [4.78, 5) is 16.7.